The average molecular weight is 235 g/mol. The zero-order chi connectivity index (χ0) is 11.7. The highest BCUT2D eigenvalue weighted by Crippen LogP contribution is 2.35. The van der Waals surface area contributed by atoms with Gasteiger partial charge < -0.3 is 4.74 Å². The summed E-state index contributed by atoms with van der Waals surface area (Å²) in [5, 5.41) is 2.33. The number of hydrogen-bond acceptors (Lipinski definition) is 1. The maximum Gasteiger partial charge on any atom is 0.129 e. The van der Waals surface area contributed by atoms with Crippen LogP contribution in [0.4, 0.5) is 0 Å². The molecule has 0 N–H and O–H groups in total. The molecule has 84 valence electrons. The van der Waals surface area contributed by atoms with Crippen LogP contribution in [0.3, 0.4) is 0 Å². The molecule has 0 aliphatic rings. The molecule has 0 aliphatic heterocycles. The molecule has 0 aromatic heterocycles. The number of hydrogen-bond donors (Lipinski definition) is 0. The first-order chi connectivity index (χ1) is 7.70. The molecule has 0 atom stereocenters. The van der Waals surface area contributed by atoms with Gasteiger partial charge in [-0.3, -0.25) is 0 Å². The first-order valence-corrected chi connectivity index (χ1v) is 5.85. The molecule has 2 aromatic carbocycles. The molecule has 0 aliphatic carbocycles. The van der Waals surface area contributed by atoms with E-state index < -0.39 is 0 Å². The van der Waals surface area contributed by atoms with E-state index in [-0.39, 0.29) is 0 Å². The molecule has 2 aromatic rings. The number of ether oxygens (including phenoxy) is 1. The molecule has 0 unspecified atom stereocenters. The van der Waals surface area contributed by atoms with Crippen molar-refractivity contribution in [1.29, 1.82) is 0 Å². The van der Waals surface area contributed by atoms with Crippen molar-refractivity contribution in [2.24, 2.45) is 0 Å². The van der Waals surface area contributed by atoms with E-state index >= 15 is 0 Å². The van der Waals surface area contributed by atoms with Crippen molar-refractivity contribution in [3.8, 4) is 5.75 Å². The van der Waals surface area contributed by atoms with E-state index in [1.165, 1.54) is 22.1 Å². The molecule has 2 rings (SSSR count). The van der Waals surface area contributed by atoms with Gasteiger partial charge in [-0.1, -0.05) is 24.3 Å². The van der Waals surface area contributed by atoms with Gasteiger partial charge in [0.1, 0.15) is 5.75 Å². The fraction of sp³-hybridized carbons (Fsp3) is 0.286. The second kappa shape index (κ2) is 4.34. The molecule has 0 bridgehead atoms. The Labute approximate surface area is 101 Å². The van der Waals surface area contributed by atoms with Gasteiger partial charge in [0.2, 0.25) is 0 Å². The molecule has 0 saturated heterocycles. The number of methoxy groups -OCH3 is 1. The molecule has 1 nitrogen and oxygen atoms in total. The van der Waals surface area contributed by atoms with Crippen LogP contribution in [0, 0.1) is 13.8 Å². The van der Waals surface area contributed by atoms with Crippen molar-refractivity contribution in [3.05, 3.63) is 41.0 Å². The lowest BCUT2D eigenvalue weighted by molar-refractivity contribution is 0.416. The van der Waals surface area contributed by atoms with Crippen LogP contribution in [0.5, 0.6) is 5.75 Å². The summed E-state index contributed by atoms with van der Waals surface area (Å²) in [5.41, 5.74) is 3.61. The summed E-state index contributed by atoms with van der Waals surface area (Å²) in [6, 6.07) is 8.24. The van der Waals surface area contributed by atoms with Gasteiger partial charge in [0.15, 0.2) is 0 Å². The highest BCUT2D eigenvalue weighted by atomic mass is 35.5. The summed E-state index contributed by atoms with van der Waals surface area (Å²) in [4.78, 5) is 0. The van der Waals surface area contributed by atoms with Gasteiger partial charge in [-0.2, -0.15) is 0 Å². The lowest BCUT2D eigenvalue weighted by Crippen LogP contribution is -1.97. The Morgan fingerprint density at radius 3 is 2.25 bits per heavy atom. The Morgan fingerprint density at radius 2 is 1.69 bits per heavy atom. The van der Waals surface area contributed by atoms with Crippen LogP contribution < -0.4 is 4.74 Å². The van der Waals surface area contributed by atoms with Crippen LogP contribution in [0.15, 0.2) is 24.3 Å². The largest absolute Gasteiger partial charge is 0.496 e. The predicted molar refractivity (Wildman–Crippen MR) is 69.5 cm³/mol. The van der Waals surface area contributed by atoms with Crippen molar-refractivity contribution in [3.63, 3.8) is 0 Å². The number of halogens is 1. The van der Waals surface area contributed by atoms with Crippen molar-refractivity contribution < 1.29 is 4.74 Å². The Balaban J connectivity index is 2.95. The van der Waals surface area contributed by atoms with E-state index in [2.05, 4.69) is 26.0 Å². The fourth-order valence-corrected chi connectivity index (χ4v) is 2.52. The normalized spacial score (nSPS) is 10.8. The predicted octanol–water partition coefficient (Wildman–Crippen LogP) is 4.20. The highest BCUT2D eigenvalue weighted by Gasteiger charge is 2.13. The van der Waals surface area contributed by atoms with Gasteiger partial charge in [-0.15, -0.1) is 11.6 Å². The third kappa shape index (κ3) is 1.56. The van der Waals surface area contributed by atoms with Crippen LogP contribution in [-0.4, -0.2) is 7.11 Å². The van der Waals surface area contributed by atoms with Crippen LogP contribution >= 0.6 is 11.6 Å². The van der Waals surface area contributed by atoms with Gasteiger partial charge in [0, 0.05) is 11.3 Å². The van der Waals surface area contributed by atoms with E-state index in [9.17, 15) is 0 Å². The van der Waals surface area contributed by atoms with Gasteiger partial charge in [-0.25, -0.2) is 0 Å². The van der Waals surface area contributed by atoms with Crippen LogP contribution in [0.1, 0.15) is 16.7 Å². The maximum absolute atomic E-state index is 6.04. The summed E-state index contributed by atoms with van der Waals surface area (Å²) in [7, 11) is 1.72. The molecule has 2 heteroatoms. The third-order valence-corrected chi connectivity index (χ3v) is 3.46. The minimum Gasteiger partial charge on any atom is -0.496 e. The Bertz CT molecular complexity index is 483. The van der Waals surface area contributed by atoms with Crippen LogP contribution in [0.2, 0.25) is 0 Å². The second-order valence-electron chi connectivity index (χ2n) is 3.94. The summed E-state index contributed by atoms with van der Waals surface area (Å²) < 4.78 is 5.50. The van der Waals surface area contributed by atoms with Crippen molar-refractivity contribution in [2.45, 2.75) is 19.7 Å². The Kier molecular flexibility index (Phi) is 3.06. The zero-order valence-electron chi connectivity index (χ0n) is 9.80. The van der Waals surface area contributed by atoms with E-state index in [4.69, 9.17) is 16.3 Å². The van der Waals surface area contributed by atoms with Gasteiger partial charge >= 0.3 is 0 Å². The zero-order valence-corrected chi connectivity index (χ0v) is 10.6. The second-order valence-corrected chi connectivity index (χ2v) is 4.21. The molecule has 16 heavy (non-hydrogen) atoms. The van der Waals surface area contributed by atoms with Crippen LogP contribution in [-0.2, 0) is 5.88 Å². The minimum absolute atomic E-state index is 0.539. The number of rotatable bonds is 2. The first kappa shape index (κ1) is 11.3. The van der Waals surface area contributed by atoms with Crippen molar-refractivity contribution in [1.82, 2.24) is 0 Å². The number of benzene rings is 2. The molecular weight excluding hydrogens is 220 g/mol. The summed E-state index contributed by atoms with van der Waals surface area (Å²) in [6.45, 7) is 4.18. The molecule has 0 heterocycles. The SMILES string of the molecule is COc1c(C)c(C)c(CCl)c2ccccc12. The third-order valence-electron chi connectivity index (χ3n) is 3.19. The van der Waals surface area contributed by atoms with E-state index in [0.29, 0.717) is 5.88 Å². The number of fused-ring (bicyclic) bond motifs is 1. The molecule has 0 saturated carbocycles. The van der Waals surface area contributed by atoms with Crippen LogP contribution in [0.25, 0.3) is 10.8 Å². The van der Waals surface area contributed by atoms with Gasteiger partial charge in [0.25, 0.3) is 0 Å². The molecule has 0 fully saturated rings. The maximum atomic E-state index is 6.04. The van der Waals surface area contributed by atoms with E-state index in [0.717, 1.165) is 11.1 Å². The molecule has 0 amide bonds. The van der Waals surface area contributed by atoms with Crippen molar-refractivity contribution in [2.75, 3.05) is 7.11 Å². The van der Waals surface area contributed by atoms with Gasteiger partial charge in [-0.05, 0) is 35.9 Å². The topological polar surface area (TPSA) is 9.23 Å². The van der Waals surface area contributed by atoms with Gasteiger partial charge in [0.05, 0.1) is 7.11 Å². The summed E-state index contributed by atoms with van der Waals surface area (Å²) in [6.07, 6.45) is 0. The smallest absolute Gasteiger partial charge is 0.129 e. The minimum atomic E-state index is 0.539. The Hall–Kier alpha value is -1.21. The molecule has 0 spiro atoms. The standard InChI is InChI=1S/C14H15ClO/c1-9-10(2)14(16-3)12-7-5-4-6-11(12)13(9)8-15/h4-7H,8H2,1-3H3. The highest BCUT2D eigenvalue weighted by molar-refractivity contribution is 6.18. The lowest BCUT2D eigenvalue weighted by atomic mass is 9.95. The van der Waals surface area contributed by atoms with E-state index in [1.54, 1.807) is 7.11 Å². The Morgan fingerprint density at radius 1 is 1.06 bits per heavy atom. The molecule has 0 radical (unpaired) electrons. The lowest BCUT2D eigenvalue weighted by Gasteiger charge is -2.16. The summed E-state index contributed by atoms with van der Waals surface area (Å²) >= 11 is 6.04. The summed E-state index contributed by atoms with van der Waals surface area (Å²) in [5.74, 6) is 1.50. The van der Waals surface area contributed by atoms with Crippen molar-refractivity contribution >= 4 is 22.4 Å². The fourth-order valence-electron chi connectivity index (χ4n) is 2.18. The number of alkyl halides is 1. The molecular formula is C14H15ClO. The monoisotopic (exact) mass is 234 g/mol. The first-order valence-electron chi connectivity index (χ1n) is 5.31. The quantitative estimate of drug-likeness (QED) is 0.708. The van der Waals surface area contributed by atoms with E-state index in [1.807, 2.05) is 12.1 Å². The average Bonchev–Trinajstić information content (AvgIpc) is 2.31.